The molecule has 0 aliphatic heterocycles. The van der Waals surface area contributed by atoms with Gasteiger partial charge in [-0.05, 0) is 48.9 Å². The van der Waals surface area contributed by atoms with Crippen LogP contribution in [-0.4, -0.2) is 19.0 Å². The van der Waals surface area contributed by atoms with Gasteiger partial charge >= 0.3 is 0 Å². The third kappa shape index (κ3) is 3.10. The lowest BCUT2D eigenvalue weighted by Gasteiger charge is -2.38. The van der Waals surface area contributed by atoms with Gasteiger partial charge in [-0.2, -0.15) is 0 Å². The van der Waals surface area contributed by atoms with Crippen LogP contribution in [-0.2, 0) is 6.42 Å². The molecule has 0 unspecified atom stereocenters. The van der Waals surface area contributed by atoms with Gasteiger partial charge in [-0.15, -0.1) is 0 Å². The highest BCUT2D eigenvalue weighted by atomic mass is 16.1. The van der Waals surface area contributed by atoms with Crippen molar-refractivity contribution >= 4 is 5.91 Å². The molecule has 1 saturated carbocycles. The zero-order valence-corrected chi connectivity index (χ0v) is 11.0. The zero-order chi connectivity index (χ0) is 13.0. The Morgan fingerprint density at radius 3 is 2.50 bits per heavy atom. The number of hydrogen-bond acceptors (Lipinski definition) is 2. The number of benzene rings is 1. The first-order valence-electron chi connectivity index (χ1n) is 6.70. The molecule has 0 aromatic heterocycles. The topological polar surface area (TPSA) is 55.1 Å². The van der Waals surface area contributed by atoms with Gasteiger partial charge in [0.15, 0.2) is 0 Å². The Morgan fingerprint density at radius 1 is 1.33 bits per heavy atom. The molecular weight excluding hydrogens is 224 g/mol. The lowest BCUT2D eigenvalue weighted by Crippen LogP contribution is -2.39. The summed E-state index contributed by atoms with van der Waals surface area (Å²) in [5.74, 6) is 0.0300. The van der Waals surface area contributed by atoms with E-state index in [9.17, 15) is 4.79 Å². The summed E-state index contributed by atoms with van der Waals surface area (Å²) >= 11 is 0. The molecule has 1 aromatic carbocycles. The summed E-state index contributed by atoms with van der Waals surface area (Å²) in [7, 11) is 0. The zero-order valence-electron chi connectivity index (χ0n) is 11.0. The van der Waals surface area contributed by atoms with E-state index in [0.29, 0.717) is 12.0 Å². The first-order valence-corrected chi connectivity index (χ1v) is 6.70. The van der Waals surface area contributed by atoms with E-state index in [2.05, 4.69) is 12.2 Å². The minimum absolute atomic E-state index is 0.0300. The van der Waals surface area contributed by atoms with Crippen molar-refractivity contribution in [3.05, 3.63) is 35.4 Å². The van der Waals surface area contributed by atoms with Gasteiger partial charge in [0.2, 0.25) is 0 Å². The standard InChI is InChI=1S/C15H22N2O/c1-15(8-2-9-15)11-17-14(18)13-5-3-12(4-6-13)7-10-16/h3-6H,2,7-11,16H2,1H3,(H,17,18). The van der Waals surface area contributed by atoms with Gasteiger partial charge < -0.3 is 11.1 Å². The summed E-state index contributed by atoms with van der Waals surface area (Å²) in [6.45, 7) is 3.67. The minimum atomic E-state index is 0.0300. The quantitative estimate of drug-likeness (QED) is 0.836. The Labute approximate surface area is 109 Å². The van der Waals surface area contributed by atoms with Crippen LogP contribution in [0.25, 0.3) is 0 Å². The average Bonchev–Trinajstić information content (AvgIpc) is 2.35. The minimum Gasteiger partial charge on any atom is -0.351 e. The highest BCUT2D eigenvalue weighted by Crippen LogP contribution is 2.39. The fourth-order valence-corrected chi connectivity index (χ4v) is 2.34. The predicted octanol–water partition coefficient (Wildman–Crippen LogP) is 2.11. The second kappa shape index (κ2) is 5.53. The second-order valence-corrected chi connectivity index (χ2v) is 5.58. The Kier molecular flexibility index (Phi) is 4.02. The molecule has 0 heterocycles. The first-order chi connectivity index (χ1) is 8.63. The Morgan fingerprint density at radius 2 is 2.00 bits per heavy atom. The smallest absolute Gasteiger partial charge is 0.251 e. The molecule has 2 rings (SSSR count). The van der Waals surface area contributed by atoms with E-state index in [4.69, 9.17) is 5.73 Å². The molecule has 0 radical (unpaired) electrons. The molecule has 98 valence electrons. The van der Waals surface area contributed by atoms with E-state index in [-0.39, 0.29) is 5.91 Å². The van der Waals surface area contributed by atoms with Crippen molar-refractivity contribution < 1.29 is 4.79 Å². The van der Waals surface area contributed by atoms with Gasteiger partial charge in [0.25, 0.3) is 5.91 Å². The summed E-state index contributed by atoms with van der Waals surface area (Å²) in [6, 6.07) is 7.71. The van der Waals surface area contributed by atoms with Crippen molar-refractivity contribution in [2.24, 2.45) is 11.1 Å². The number of carbonyl (C=O) groups excluding carboxylic acids is 1. The lowest BCUT2D eigenvalue weighted by atomic mass is 9.70. The monoisotopic (exact) mass is 246 g/mol. The van der Waals surface area contributed by atoms with Gasteiger partial charge in [0.05, 0.1) is 0 Å². The number of amides is 1. The highest BCUT2D eigenvalue weighted by Gasteiger charge is 2.31. The predicted molar refractivity (Wildman–Crippen MR) is 73.5 cm³/mol. The fourth-order valence-electron chi connectivity index (χ4n) is 2.34. The van der Waals surface area contributed by atoms with Crippen LogP contribution in [0.5, 0.6) is 0 Å². The van der Waals surface area contributed by atoms with Crippen molar-refractivity contribution in [3.63, 3.8) is 0 Å². The van der Waals surface area contributed by atoms with E-state index in [1.807, 2.05) is 24.3 Å². The molecule has 18 heavy (non-hydrogen) atoms. The van der Waals surface area contributed by atoms with Crippen LogP contribution in [0.1, 0.15) is 42.1 Å². The molecule has 1 fully saturated rings. The molecule has 3 heteroatoms. The van der Waals surface area contributed by atoms with Gasteiger partial charge in [0.1, 0.15) is 0 Å². The van der Waals surface area contributed by atoms with Crippen molar-refractivity contribution in [2.75, 3.05) is 13.1 Å². The molecule has 3 nitrogen and oxygen atoms in total. The Hall–Kier alpha value is -1.35. The van der Waals surface area contributed by atoms with E-state index in [0.717, 1.165) is 18.5 Å². The summed E-state index contributed by atoms with van der Waals surface area (Å²) in [4.78, 5) is 12.0. The molecule has 0 spiro atoms. The van der Waals surface area contributed by atoms with Crippen LogP contribution in [0.15, 0.2) is 24.3 Å². The lowest BCUT2D eigenvalue weighted by molar-refractivity contribution is 0.0891. The van der Waals surface area contributed by atoms with Gasteiger partial charge in [-0.3, -0.25) is 4.79 Å². The molecular formula is C15H22N2O. The average molecular weight is 246 g/mol. The van der Waals surface area contributed by atoms with E-state index < -0.39 is 0 Å². The van der Waals surface area contributed by atoms with Crippen molar-refractivity contribution in [1.29, 1.82) is 0 Å². The molecule has 1 aliphatic rings. The number of nitrogens with two attached hydrogens (primary N) is 1. The van der Waals surface area contributed by atoms with E-state index >= 15 is 0 Å². The molecule has 0 atom stereocenters. The van der Waals surface area contributed by atoms with Crippen LogP contribution >= 0.6 is 0 Å². The first kappa shape index (κ1) is 13.1. The molecule has 0 saturated heterocycles. The molecule has 1 amide bonds. The normalized spacial score (nSPS) is 17.0. The number of hydrogen-bond donors (Lipinski definition) is 2. The third-order valence-electron chi connectivity index (χ3n) is 3.89. The number of carbonyl (C=O) groups is 1. The Balaban J connectivity index is 1.88. The van der Waals surface area contributed by atoms with Gasteiger partial charge in [-0.25, -0.2) is 0 Å². The maximum absolute atomic E-state index is 12.0. The van der Waals surface area contributed by atoms with Gasteiger partial charge in [0, 0.05) is 12.1 Å². The maximum Gasteiger partial charge on any atom is 0.251 e. The number of rotatable bonds is 5. The second-order valence-electron chi connectivity index (χ2n) is 5.58. The van der Waals surface area contributed by atoms with Crippen molar-refractivity contribution in [2.45, 2.75) is 32.6 Å². The van der Waals surface area contributed by atoms with Crippen LogP contribution < -0.4 is 11.1 Å². The SMILES string of the molecule is CC1(CNC(=O)c2ccc(CCN)cc2)CCC1. The third-order valence-corrected chi connectivity index (χ3v) is 3.89. The Bertz CT molecular complexity index is 407. The molecule has 1 aromatic rings. The highest BCUT2D eigenvalue weighted by molar-refractivity contribution is 5.94. The van der Waals surface area contributed by atoms with Crippen LogP contribution in [0, 0.1) is 5.41 Å². The molecule has 3 N–H and O–H groups in total. The van der Waals surface area contributed by atoms with Crippen LogP contribution in [0.4, 0.5) is 0 Å². The van der Waals surface area contributed by atoms with E-state index in [1.165, 1.54) is 24.8 Å². The maximum atomic E-state index is 12.0. The molecule has 1 aliphatic carbocycles. The summed E-state index contributed by atoms with van der Waals surface area (Å²) in [6.07, 6.45) is 4.60. The van der Waals surface area contributed by atoms with Crippen molar-refractivity contribution in [1.82, 2.24) is 5.32 Å². The fraction of sp³-hybridized carbons (Fsp3) is 0.533. The van der Waals surface area contributed by atoms with Crippen molar-refractivity contribution in [3.8, 4) is 0 Å². The molecule has 0 bridgehead atoms. The van der Waals surface area contributed by atoms with E-state index in [1.54, 1.807) is 0 Å². The largest absolute Gasteiger partial charge is 0.351 e. The number of nitrogens with one attached hydrogen (secondary N) is 1. The summed E-state index contributed by atoms with van der Waals surface area (Å²) in [5.41, 5.74) is 7.74. The van der Waals surface area contributed by atoms with Crippen LogP contribution in [0.2, 0.25) is 0 Å². The summed E-state index contributed by atoms with van der Waals surface area (Å²) < 4.78 is 0. The van der Waals surface area contributed by atoms with Crippen LogP contribution in [0.3, 0.4) is 0 Å². The van der Waals surface area contributed by atoms with Gasteiger partial charge in [-0.1, -0.05) is 25.5 Å². The summed E-state index contributed by atoms with van der Waals surface area (Å²) in [5, 5.41) is 3.03.